The lowest BCUT2D eigenvalue weighted by Crippen LogP contribution is -2.25. The maximum absolute atomic E-state index is 12.9. The molecule has 1 aliphatic heterocycles. The van der Waals surface area contributed by atoms with Gasteiger partial charge in [0, 0.05) is 17.3 Å². The first-order chi connectivity index (χ1) is 13.8. The molecule has 2 heterocycles. The molecule has 1 atom stereocenters. The van der Waals surface area contributed by atoms with Gasteiger partial charge >= 0.3 is 0 Å². The first kappa shape index (κ1) is 19.2. The molecule has 0 saturated carbocycles. The number of rotatable bonds is 1. The number of nitrogens with one attached hydrogen (secondary N) is 2. The Morgan fingerprint density at radius 3 is 2.52 bits per heavy atom. The van der Waals surface area contributed by atoms with Gasteiger partial charge in [-0.3, -0.25) is 0 Å². The van der Waals surface area contributed by atoms with E-state index in [0.29, 0.717) is 23.9 Å². The summed E-state index contributed by atoms with van der Waals surface area (Å²) in [7, 11) is -3.85. The fourth-order valence-electron chi connectivity index (χ4n) is 3.36. The third-order valence-corrected chi connectivity index (χ3v) is 6.03. The Labute approximate surface area is 170 Å². The third-order valence-electron chi connectivity index (χ3n) is 4.70. The van der Waals surface area contributed by atoms with Crippen LogP contribution in [0.4, 0.5) is 11.6 Å². The minimum absolute atomic E-state index is 0.0215. The van der Waals surface area contributed by atoms with Gasteiger partial charge in [0.25, 0.3) is 10.0 Å². The van der Waals surface area contributed by atoms with Crippen molar-refractivity contribution in [2.45, 2.75) is 31.7 Å². The molecule has 4 rings (SSSR count). The van der Waals surface area contributed by atoms with Crippen molar-refractivity contribution < 1.29 is 13.2 Å². The fraction of sp³-hybridized carbons (Fsp3) is 0.238. The summed E-state index contributed by atoms with van der Waals surface area (Å²) in [4.78, 5) is 8.89. The molecule has 0 radical (unpaired) electrons. The van der Waals surface area contributed by atoms with Gasteiger partial charge in [-0.2, -0.15) is 4.98 Å². The molecular formula is C21H22N4O3S. The van der Waals surface area contributed by atoms with Crippen LogP contribution in [0, 0.1) is 13.8 Å². The van der Waals surface area contributed by atoms with Crippen molar-refractivity contribution in [2.24, 2.45) is 0 Å². The molecular weight excluding hydrogens is 388 g/mol. The van der Waals surface area contributed by atoms with E-state index in [2.05, 4.69) is 20.0 Å². The summed E-state index contributed by atoms with van der Waals surface area (Å²) in [5.41, 5.74) is 4.31. The van der Waals surface area contributed by atoms with Gasteiger partial charge < -0.3 is 10.1 Å². The Balaban J connectivity index is 1.86. The minimum atomic E-state index is -3.85. The molecule has 29 heavy (non-hydrogen) atoms. The van der Waals surface area contributed by atoms with E-state index in [-0.39, 0.29) is 16.9 Å². The third kappa shape index (κ3) is 4.02. The second-order valence-corrected chi connectivity index (χ2v) is 8.85. The van der Waals surface area contributed by atoms with E-state index in [1.54, 1.807) is 18.2 Å². The van der Waals surface area contributed by atoms with Crippen LogP contribution in [0.15, 0.2) is 53.4 Å². The summed E-state index contributed by atoms with van der Waals surface area (Å²) in [6.07, 6.45) is 0. The Hall–Kier alpha value is -3.13. The summed E-state index contributed by atoms with van der Waals surface area (Å²) in [6.45, 7) is 6.30. The number of aryl methyl sites for hydroxylation is 2. The monoisotopic (exact) mass is 410 g/mol. The van der Waals surface area contributed by atoms with E-state index in [1.165, 1.54) is 6.07 Å². The molecule has 3 aromatic rings. The molecule has 0 saturated heterocycles. The van der Waals surface area contributed by atoms with Crippen molar-refractivity contribution in [1.29, 1.82) is 0 Å². The largest absolute Gasteiger partial charge is 0.475 e. The van der Waals surface area contributed by atoms with Crippen molar-refractivity contribution in [1.82, 2.24) is 9.97 Å². The van der Waals surface area contributed by atoms with Gasteiger partial charge in [-0.1, -0.05) is 24.3 Å². The molecule has 2 N–H and O–H groups in total. The number of hydrogen-bond acceptors (Lipinski definition) is 6. The minimum Gasteiger partial charge on any atom is -0.475 e. The zero-order valence-electron chi connectivity index (χ0n) is 16.4. The molecule has 0 fully saturated rings. The van der Waals surface area contributed by atoms with Crippen LogP contribution in [0.25, 0.3) is 11.3 Å². The van der Waals surface area contributed by atoms with Gasteiger partial charge in [-0.05, 0) is 50.1 Å². The van der Waals surface area contributed by atoms with Crippen LogP contribution < -0.4 is 14.8 Å². The molecule has 0 unspecified atom stereocenters. The number of anilines is 2. The standard InChI is InChI=1S/C21H22N4O3S/c1-13-6-4-7-14(2)20(13)18-11-19-24-21(23-18)25-29(26,27)17-9-5-8-16(10-17)22-15(3)12-28-19/h4-11,15,22H,12H2,1-3H3,(H,23,24,25)/t15-/m1/s1. The predicted molar refractivity (Wildman–Crippen MR) is 113 cm³/mol. The summed E-state index contributed by atoms with van der Waals surface area (Å²) < 4.78 is 34.1. The number of sulfonamides is 1. The van der Waals surface area contributed by atoms with Crippen molar-refractivity contribution >= 4 is 21.7 Å². The lowest BCUT2D eigenvalue weighted by atomic mass is 10.00. The molecule has 2 aromatic carbocycles. The van der Waals surface area contributed by atoms with Gasteiger partial charge in [0.2, 0.25) is 11.8 Å². The van der Waals surface area contributed by atoms with Crippen LogP contribution in [-0.4, -0.2) is 31.0 Å². The van der Waals surface area contributed by atoms with E-state index in [9.17, 15) is 8.42 Å². The highest BCUT2D eigenvalue weighted by Gasteiger charge is 2.20. The molecule has 150 valence electrons. The molecule has 1 aromatic heterocycles. The summed E-state index contributed by atoms with van der Waals surface area (Å²) in [6, 6.07) is 14.3. The number of aromatic nitrogens is 2. The normalized spacial score (nSPS) is 17.7. The average Bonchev–Trinajstić information content (AvgIpc) is 2.65. The smallest absolute Gasteiger partial charge is 0.264 e. The molecule has 1 aliphatic rings. The highest BCUT2D eigenvalue weighted by Crippen LogP contribution is 2.29. The van der Waals surface area contributed by atoms with Gasteiger partial charge in [-0.15, -0.1) is 0 Å². The van der Waals surface area contributed by atoms with E-state index in [1.807, 2.05) is 45.0 Å². The molecule has 7 nitrogen and oxygen atoms in total. The Morgan fingerprint density at radius 1 is 1.03 bits per heavy atom. The fourth-order valence-corrected chi connectivity index (χ4v) is 4.35. The maximum atomic E-state index is 12.9. The molecule has 0 spiro atoms. The van der Waals surface area contributed by atoms with Crippen LogP contribution in [0.1, 0.15) is 18.1 Å². The van der Waals surface area contributed by atoms with Crippen molar-refractivity contribution in [3.05, 3.63) is 59.7 Å². The SMILES string of the molecule is Cc1cccc(C)c1-c1cc2nc(n1)NS(=O)(=O)c1cccc(c1)N[C@H](C)CO2. The Kier molecular flexibility index (Phi) is 4.87. The van der Waals surface area contributed by atoms with E-state index in [0.717, 1.165) is 16.7 Å². The number of ether oxygens (including phenoxy) is 1. The highest BCUT2D eigenvalue weighted by atomic mass is 32.2. The first-order valence-corrected chi connectivity index (χ1v) is 10.8. The average molecular weight is 410 g/mol. The quantitative estimate of drug-likeness (QED) is 0.635. The number of hydrogen-bond donors (Lipinski definition) is 2. The van der Waals surface area contributed by atoms with Crippen LogP contribution in [0.3, 0.4) is 0 Å². The predicted octanol–water partition coefficient (Wildman–Crippen LogP) is 3.75. The Morgan fingerprint density at radius 2 is 1.76 bits per heavy atom. The maximum Gasteiger partial charge on any atom is 0.264 e. The zero-order chi connectivity index (χ0) is 20.6. The van der Waals surface area contributed by atoms with E-state index >= 15 is 0 Å². The topological polar surface area (TPSA) is 93.2 Å². The number of benzene rings is 2. The second-order valence-electron chi connectivity index (χ2n) is 7.17. The molecule has 8 heteroatoms. The summed E-state index contributed by atoms with van der Waals surface area (Å²) >= 11 is 0. The van der Waals surface area contributed by atoms with Crippen LogP contribution in [0.5, 0.6) is 5.88 Å². The van der Waals surface area contributed by atoms with E-state index < -0.39 is 10.0 Å². The molecule has 0 amide bonds. The molecule has 0 aliphatic carbocycles. The van der Waals surface area contributed by atoms with Crippen molar-refractivity contribution in [3.8, 4) is 17.1 Å². The molecule has 4 bridgehead atoms. The van der Waals surface area contributed by atoms with Crippen LogP contribution in [-0.2, 0) is 10.0 Å². The highest BCUT2D eigenvalue weighted by molar-refractivity contribution is 7.92. The first-order valence-electron chi connectivity index (χ1n) is 9.30. The zero-order valence-corrected chi connectivity index (χ0v) is 17.2. The van der Waals surface area contributed by atoms with Gasteiger partial charge in [0.05, 0.1) is 16.6 Å². The second kappa shape index (κ2) is 7.36. The van der Waals surface area contributed by atoms with Crippen molar-refractivity contribution in [3.63, 3.8) is 0 Å². The van der Waals surface area contributed by atoms with Crippen molar-refractivity contribution in [2.75, 3.05) is 16.6 Å². The lowest BCUT2D eigenvalue weighted by Gasteiger charge is -2.19. The van der Waals surface area contributed by atoms with Gasteiger partial charge in [0.15, 0.2) is 0 Å². The lowest BCUT2D eigenvalue weighted by molar-refractivity contribution is 0.292. The number of nitrogens with zero attached hydrogens (tertiary/aromatic N) is 2. The summed E-state index contributed by atoms with van der Waals surface area (Å²) in [5, 5.41) is 3.25. The summed E-state index contributed by atoms with van der Waals surface area (Å²) in [5.74, 6) is 0.292. The van der Waals surface area contributed by atoms with Gasteiger partial charge in [-0.25, -0.2) is 18.1 Å². The number of fused-ring (bicyclic) bond motifs is 4. The van der Waals surface area contributed by atoms with Gasteiger partial charge in [0.1, 0.15) is 6.61 Å². The van der Waals surface area contributed by atoms with Crippen LogP contribution >= 0.6 is 0 Å². The Bertz CT molecular complexity index is 1160. The van der Waals surface area contributed by atoms with E-state index in [4.69, 9.17) is 4.74 Å². The van der Waals surface area contributed by atoms with Crippen LogP contribution in [0.2, 0.25) is 0 Å².